The molecule has 10 nitrogen and oxygen atoms in total. The maximum Gasteiger partial charge on any atom is 0.411 e. The molecular weight excluding hydrogens is 568 g/mol. The average molecular weight is 611 g/mol. The molecule has 2 aromatic carbocycles. The largest absolute Gasteiger partial charge is 0.444 e. The van der Waals surface area contributed by atoms with E-state index in [1.165, 1.54) is 0 Å². The fourth-order valence-corrected chi connectivity index (χ4v) is 6.01. The Labute approximate surface area is 263 Å². The molecule has 0 radical (unpaired) electrons. The molecule has 10 heteroatoms. The van der Waals surface area contributed by atoms with Gasteiger partial charge in [-0.05, 0) is 89.6 Å². The molecular formula is C35H42N6O4. The highest BCUT2D eigenvalue weighted by Gasteiger charge is 2.37. The number of imidazole rings is 2. The first-order valence-electron chi connectivity index (χ1n) is 15.6. The smallest absolute Gasteiger partial charge is 0.411 e. The standard InChI is InChI=1S/C35H42N6O4/c1-21-17-29(41(20-21)33(43)45-35(5,6)7)31-37-25-15-14-24(18-26(25)38-31)22-10-12-23(13-11-22)27-19-36-30(39-27)28-9-8-16-40(28)32(42)44-34(2,3)4/h10-15,18-19,28-29H,1,8-9,16-17,20H2,2-7H3,(H,36,39)(H,37,38)/t28-,29-/m0/s1. The van der Waals surface area contributed by atoms with Gasteiger partial charge in [-0.15, -0.1) is 0 Å². The van der Waals surface area contributed by atoms with Crippen molar-refractivity contribution in [3.8, 4) is 22.4 Å². The molecule has 2 atom stereocenters. The van der Waals surface area contributed by atoms with Crippen molar-refractivity contribution in [1.82, 2.24) is 29.7 Å². The van der Waals surface area contributed by atoms with Gasteiger partial charge in [-0.1, -0.05) is 42.5 Å². The van der Waals surface area contributed by atoms with Gasteiger partial charge in [0.15, 0.2) is 0 Å². The molecule has 2 fully saturated rings. The second-order valence-electron chi connectivity index (χ2n) is 14.0. The van der Waals surface area contributed by atoms with Crippen LogP contribution in [0.4, 0.5) is 9.59 Å². The molecule has 4 aromatic rings. The predicted molar refractivity (Wildman–Crippen MR) is 173 cm³/mol. The average Bonchev–Trinajstić information content (AvgIpc) is 3.76. The van der Waals surface area contributed by atoms with Gasteiger partial charge in [-0.3, -0.25) is 9.80 Å². The molecule has 6 rings (SSSR count). The number of aromatic nitrogens is 4. The van der Waals surface area contributed by atoms with Crippen molar-refractivity contribution in [2.24, 2.45) is 0 Å². The van der Waals surface area contributed by atoms with E-state index in [2.05, 4.69) is 57.9 Å². The quantitative estimate of drug-likeness (QED) is 0.227. The van der Waals surface area contributed by atoms with Crippen LogP contribution in [0.25, 0.3) is 33.4 Å². The van der Waals surface area contributed by atoms with Crippen LogP contribution in [0, 0.1) is 0 Å². The highest BCUT2D eigenvalue weighted by Crippen LogP contribution is 2.36. The number of H-pyrrole nitrogens is 2. The zero-order chi connectivity index (χ0) is 32.1. The number of carbonyl (C=O) groups excluding carboxylic acids is 2. The van der Waals surface area contributed by atoms with Gasteiger partial charge < -0.3 is 19.4 Å². The second kappa shape index (κ2) is 11.4. The molecule has 2 aliphatic heterocycles. The van der Waals surface area contributed by atoms with Crippen molar-refractivity contribution in [2.75, 3.05) is 13.1 Å². The Bertz CT molecular complexity index is 1740. The lowest BCUT2D eigenvalue weighted by Gasteiger charge is -2.27. The molecule has 2 saturated heterocycles. The van der Waals surface area contributed by atoms with E-state index in [4.69, 9.17) is 14.5 Å². The number of benzene rings is 2. The third-order valence-electron chi connectivity index (χ3n) is 8.02. The molecule has 0 saturated carbocycles. The summed E-state index contributed by atoms with van der Waals surface area (Å²) >= 11 is 0. The highest BCUT2D eigenvalue weighted by atomic mass is 16.6. The normalized spacial score (nSPS) is 19.0. The molecule has 0 spiro atoms. The summed E-state index contributed by atoms with van der Waals surface area (Å²) in [4.78, 5) is 45.5. The molecule has 2 N–H and O–H groups in total. The van der Waals surface area contributed by atoms with E-state index in [0.717, 1.165) is 63.5 Å². The van der Waals surface area contributed by atoms with E-state index in [1.807, 2.05) is 53.8 Å². The van der Waals surface area contributed by atoms with Crippen molar-refractivity contribution < 1.29 is 19.1 Å². The number of fused-ring (bicyclic) bond motifs is 1. The Morgan fingerprint density at radius 3 is 2.18 bits per heavy atom. The zero-order valence-corrected chi connectivity index (χ0v) is 26.9. The molecule has 2 amide bonds. The molecule has 0 bridgehead atoms. The van der Waals surface area contributed by atoms with E-state index in [-0.39, 0.29) is 24.3 Å². The van der Waals surface area contributed by atoms with Crippen LogP contribution < -0.4 is 0 Å². The van der Waals surface area contributed by atoms with Gasteiger partial charge in [0.1, 0.15) is 22.9 Å². The van der Waals surface area contributed by atoms with Gasteiger partial charge >= 0.3 is 12.2 Å². The lowest BCUT2D eigenvalue weighted by Crippen LogP contribution is -2.36. The van der Waals surface area contributed by atoms with Crippen LogP contribution in [0.15, 0.2) is 60.8 Å². The maximum atomic E-state index is 12.9. The van der Waals surface area contributed by atoms with Gasteiger partial charge in [0.2, 0.25) is 0 Å². The number of amides is 2. The number of nitrogens with one attached hydrogen (secondary N) is 2. The molecule has 2 aliphatic rings. The molecule has 0 unspecified atom stereocenters. The number of carbonyl (C=O) groups is 2. The fourth-order valence-electron chi connectivity index (χ4n) is 6.01. The molecule has 2 aromatic heterocycles. The number of aromatic amines is 2. The Morgan fingerprint density at radius 1 is 0.844 bits per heavy atom. The Hall–Kier alpha value is -4.60. The van der Waals surface area contributed by atoms with Crippen molar-refractivity contribution >= 4 is 23.2 Å². The number of ether oxygens (including phenoxy) is 2. The third-order valence-corrected chi connectivity index (χ3v) is 8.02. The van der Waals surface area contributed by atoms with E-state index < -0.39 is 11.2 Å². The minimum absolute atomic E-state index is 0.127. The van der Waals surface area contributed by atoms with Gasteiger partial charge in [0.05, 0.1) is 35.0 Å². The summed E-state index contributed by atoms with van der Waals surface area (Å²) in [7, 11) is 0. The van der Waals surface area contributed by atoms with Gasteiger partial charge in [0.25, 0.3) is 0 Å². The van der Waals surface area contributed by atoms with E-state index in [0.29, 0.717) is 19.5 Å². The number of hydrogen-bond donors (Lipinski definition) is 2. The van der Waals surface area contributed by atoms with Crippen LogP contribution >= 0.6 is 0 Å². The zero-order valence-electron chi connectivity index (χ0n) is 26.9. The summed E-state index contributed by atoms with van der Waals surface area (Å²) in [5.41, 5.74) is 5.60. The van der Waals surface area contributed by atoms with Gasteiger partial charge in [-0.25, -0.2) is 19.6 Å². The number of hydrogen-bond acceptors (Lipinski definition) is 6. The summed E-state index contributed by atoms with van der Waals surface area (Å²) in [5.74, 6) is 1.50. The highest BCUT2D eigenvalue weighted by molar-refractivity contribution is 5.83. The monoisotopic (exact) mass is 610 g/mol. The fraction of sp³-hybridized carbons (Fsp3) is 0.429. The van der Waals surface area contributed by atoms with Crippen LogP contribution in [-0.4, -0.2) is 66.2 Å². The van der Waals surface area contributed by atoms with Crippen molar-refractivity contribution in [3.63, 3.8) is 0 Å². The van der Waals surface area contributed by atoms with Gasteiger partial charge in [0, 0.05) is 13.1 Å². The van der Waals surface area contributed by atoms with Crippen LogP contribution in [0.3, 0.4) is 0 Å². The molecule has 236 valence electrons. The summed E-state index contributed by atoms with van der Waals surface area (Å²) < 4.78 is 11.3. The lowest BCUT2D eigenvalue weighted by molar-refractivity contribution is 0.0210. The van der Waals surface area contributed by atoms with E-state index in [1.54, 1.807) is 9.80 Å². The van der Waals surface area contributed by atoms with Crippen LogP contribution in [-0.2, 0) is 9.47 Å². The second-order valence-corrected chi connectivity index (χ2v) is 14.0. The van der Waals surface area contributed by atoms with Crippen molar-refractivity contribution in [1.29, 1.82) is 0 Å². The molecule has 0 aliphatic carbocycles. The number of likely N-dealkylation sites (tertiary alicyclic amines) is 2. The first-order chi connectivity index (χ1) is 21.2. The van der Waals surface area contributed by atoms with Crippen molar-refractivity contribution in [2.45, 2.75) is 84.1 Å². The third kappa shape index (κ3) is 6.60. The Morgan fingerprint density at radius 2 is 1.49 bits per heavy atom. The Kier molecular flexibility index (Phi) is 7.71. The lowest BCUT2D eigenvalue weighted by atomic mass is 10.0. The Balaban J connectivity index is 1.18. The minimum Gasteiger partial charge on any atom is -0.444 e. The van der Waals surface area contributed by atoms with Crippen LogP contribution in [0.2, 0.25) is 0 Å². The molecule has 4 heterocycles. The van der Waals surface area contributed by atoms with Crippen LogP contribution in [0.1, 0.15) is 84.5 Å². The van der Waals surface area contributed by atoms with E-state index in [9.17, 15) is 9.59 Å². The predicted octanol–water partition coefficient (Wildman–Crippen LogP) is 7.93. The summed E-state index contributed by atoms with van der Waals surface area (Å²) in [5, 5.41) is 0. The first-order valence-corrected chi connectivity index (χ1v) is 15.6. The summed E-state index contributed by atoms with van der Waals surface area (Å²) in [6.45, 7) is 16.5. The maximum absolute atomic E-state index is 12.9. The topological polar surface area (TPSA) is 116 Å². The van der Waals surface area contributed by atoms with Gasteiger partial charge in [-0.2, -0.15) is 0 Å². The van der Waals surface area contributed by atoms with Crippen molar-refractivity contribution in [3.05, 3.63) is 72.5 Å². The van der Waals surface area contributed by atoms with E-state index >= 15 is 0 Å². The summed E-state index contributed by atoms with van der Waals surface area (Å²) in [6.07, 6.45) is 3.56. The number of rotatable bonds is 4. The minimum atomic E-state index is -0.581. The number of nitrogens with zero attached hydrogens (tertiary/aromatic N) is 4. The summed E-state index contributed by atoms with van der Waals surface area (Å²) in [6, 6.07) is 14.1. The SMILES string of the molecule is C=C1C[C@@H](c2nc3ccc(-c4ccc(-c5cnc([C@@H]6CCCN6C(=O)OC(C)(C)C)[nH]5)cc4)cc3[nH]2)N(C(=O)OC(C)(C)C)C1. The molecule has 45 heavy (non-hydrogen) atoms. The van der Waals surface area contributed by atoms with Crippen LogP contribution in [0.5, 0.6) is 0 Å². The first kappa shape index (κ1) is 30.4.